The normalized spacial score (nSPS) is 19.9. The van der Waals surface area contributed by atoms with Crippen molar-refractivity contribution in [2.75, 3.05) is 121 Å². The van der Waals surface area contributed by atoms with E-state index >= 15 is 0 Å². The minimum absolute atomic E-state index is 0. The molecular formula is C62H109Cl2IN14O4. The fraction of sp³-hybridized carbons (Fsp3) is 0.597. The highest BCUT2D eigenvalue weighted by atomic mass is 127. The number of nitrogens with zero attached hydrogens (tertiary/aromatic N) is 10. The molecule has 0 radical (unpaired) electrons. The average molecular weight is 1310 g/mol. The summed E-state index contributed by atoms with van der Waals surface area (Å²) in [6.45, 7) is 8.94. The van der Waals surface area contributed by atoms with Gasteiger partial charge in [-0.05, 0) is 173 Å². The second-order valence-electron chi connectivity index (χ2n) is 19.9. The van der Waals surface area contributed by atoms with E-state index in [1.807, 2.05) is 55.1 Å². The van der Waals surface area contributed by atoms with Gasteiger partial charge in [-0.2, -0.15) is 0 Å². The number of rotatable bonds is 13. The first kappa shape index (κ1) is 81.3. The van der Waals surface area contributed by atoms with Crippen molar-refractivity contribution in [1.29, 1.82) is 0 Å². The molecule has 0 spiro atoms. The lowest BCUT2D eigenvalue weighted by Crippen LogP contribution is -2.19. The summed E-state index contributed by atoms with van der Waals surface area (Å²) in [4.78, 5) is 32.7. The van der Waals surface area contributed by atoms with E-state index in [1.165, 1.54) is 112 Å². The quantitative estimate of drug-likeness (QED) is 0.0474. The predicted molar refractivity (Wildman–Crippen MR) is 358 cm³/mol. The van der Waals surface area contributed by atoms with Gasteiger partial charge in [-0.3, -0.25) is 29.5 Å². The van der Waals surface area contributed by atoms with Crippen LogP contribution in [0.2, 0.25) is 10.3 Å². The largest absolute Gasteiger partial charge is 0.476 e. The van der Waals surface area contributed by atoms with Crippen molar-refractivity contribution in [1.82, 2.24) is 49.4 Å². The number of aliphatic hydroxyl groups is 2. The third-order valence-electron chi connectivity index (χ3n) is 14.2. The number of nitrogens with two attached hydrogens (primary N) is 4. The number of aromatic nitrogens is 5. The molecule has 5 saturated heterocycles. The highest BCUT2D eigenvalue weighted by molar-refractivity contribution is 14.0. The summed E-state index contributed by atoms with van der Waals surface area (Å²) in [6.07, 6.45) is 23.6. The van der Waals surface area contributed by atoms with Gasteiger partial charge in [-0.25, -0.2) is 19.9 Å². The number of ether oxygens (including phenoxy) is 2. The van der Waals surface area contributed by atoms with Crippen molar-refractivity contribution in [3.63, 3.8) is 0 Å². The zero-order chi connectivity index (χ0) is 56.5. The van der Waals surface area contributed by atoms with Crippen LogP contribution in [0.5, 0.6) is 11.8 Å². The first-order chi connectivity index (χ1) is 37.9. The van der Waals surface area contributed by atoms with E-state index in [0.29, 0.717) is 85.8 Å². The first-order valence-electron chi connectivity index (χ1n) is 27.7. The fourth-order valence-electron chi connectivity index (χ4n) is 10.2. The Kier molecular flexibility index (Phi) is 46.4. The van der Waals surface area contributed by atoms with Crippen LogP contribution in [0.25, 0.3) is 0 Å². The Balaban J connectivity index is 0. The summed E-state index contributed by atoms with van der Waals surface area (Å²) < 4.78 is 10.9. The molecule has 10 heterocycles. The molecule has 0 saturated carbocycles. The number of pyridine rings is 5. The number of halogens is 3. The molecule has 5 fully saturated rings. The van der Waals surface area contributed by atoms with Crippen LogP contribution in [0.15, 0.2) is 97.8 Å². The molecule has 0 bridgehead atoms. The van der Waals surface area contributed by atoms with Gasteiger partial charge in [0.2, 0.25) is 11.8 Å². The van der Waals surface area contributed by atoms with E-state index in [9.17, 15) is 0 Å². The Morgan fingerprint density at radius 1 is 0.470 bits per heavy atom. The van der Waals surface area contributed by atoms with Crippen molar-refractivity contribution in [2.24, 2.45) is 22.9 Å². The molecule has 472 valence electrons. The topological polar surface area (TPSA) is 244 Å². The van der Waals surface area contributed by atoms with Gasteiger partial charge >= 0.3 is 0 Å². The number of aliphatic hydroxyl groups excluding tert-OH is 2. The summed E-state index contributed by atoms with van der Waals surface area (Å²) in [5.41, 5.74) is 26.6. The molecule has 5 aromatic heterocycles. The molecule has 10 N–H and O–H groups in total. The van der Waals surface area contributed by atoms with E-state index in [4.69, 9.17) is 65.8 Å². The van der Waals surface area contributed by atoms with Crippen molar-refractivity contribution < 1.29 is 19.7 Å². The summed E-state index contributed by atoms with van der Waals surface area (Å²) in [5, 5.41) is 16.7. The Morgan fingerprint density at radius 2 is 0.867 bits per heavy atom. The highest BCUT2D eigenvalue weighted by Crippen LogP contribution is 2.36. The first-order valence-corrected chi connectivity index (χ1v) is 28.5. The molecular weight excluding hydrogens is 1200 g/mol. The standard InChI is InChI=1S/2C12H19N3O.2C10H13ClN2.C10H14N2.2C2H7NO.4CH4.HI/c1-15-8-3-5-11(15)10-4-2-7-14-12(10)16-9-6-13;1-15-7-2-3-11(15)10-4-5-12(14-9-10)16-8-6-13;1-13-7-3-5-9(13)8-4-2-6-12-10(8)11;1-13-6-2-3-9(13)8-4-5-10(11)12-7-8;1-12-7-3-5-10(12)9-4-2-6-11-8-9;2*3-1-2-4;;;;;/h2,4,7,11H,3,5-6,8-9,13H2,1H3;4-5,9,11H,2-3,6-8,13H2,1H3;2,4,6,9H,3,5,7H2,1H3;4-5,7,9H,2-3,6H2,1H3;2,4,6,8,10H,3,5,7H2,1H3;2*4H,1-3H2;4*1H4;1H/t2*11-;2*9-;10-;;;;;;;/m00000......./s1. The molecule has 21 heteroatoms. The van der Waals surface area contributed by atoms with Gasteiger partial charge in [0.25, 0.3) is 0 Å². The Labute approximate surface area is 528 Å². The van der Waals surface area contributed by atoms with E-state index in [-0.39, 0.29) is 66.9 Å². The Hall–Kier alpha value is -3.78. The maximum absolute atomic E-state index is 7.75. The van der Waals surface area contributed by atoms with Gasteiger partial charge in [0, 0.05) is 111 Å². The molecule has 0 aromatic carbocycles. The zero-order valence-electron chi connectivity index (χ0n) is 47.5. The number of hydrogen-bond acceptors (Lipinski definition) is 18. The van der Waals surface area contributed by atoms with Gasteiger partial charge < -0.3 is 42.6 Å². The summed E-state index contributed by atoms with van der Waals surface area (Å²) in [7, 11) is 10.8. The summed E-state index contributed by atoms with van der Waals surface area (Å²) in [6, 6.07) is 22.8. The molecule has 0 amide bonds. The maximum Gasteiger partial charge on any atom is 0.218 e. The minimum Gasteiger partial charge on any atom is -0.476 e. The molecule has 5 atom stereocenters. The lowest BCUT2D eigenvalue weighted by Gasteiger charge is -2.21. The minimum atomic E-state index is 0. The van der Waals surface area contributed by atoms with Gasteiger partial charge in [0.1, 0.15) is 23.5 Å². The molecule has 5 aliphatic heterocycles. The molecule has 18 nitrogen and oxygen atoms in total. The van der Waals surface area contributed by atoms with E-state index in [1.54, 1.807) is 12.4 Å². The molecule has 5 aromatic rings. The molecule has 5 aliphatic rings. The van der Waals surface area contributed by atoms with Crippen LogP contribution < -0.4 is 32.4 Å². The van der Waals surface area contributed by atoms with Crippen molar-refractivity contribution in [3.8, 4) is 11.8 Å². The third-order valence-corrected chi connectivity index (χ3v) is 14.8. The van der Waals surface area contributed by atoms with E-state index < -0.39 is 0 Å². The second kappa shape index (κ2) is 47.4. The SMILES string of the molecule is C.C.C.C.CN1CCC[C@H]1c1ccc(Cl)nc1.CN1CCC[C@H]1c1ccc(OCCN)nc1.CN1CCC[C@H]1c1cccnc1.CN1CCC[C@H]1c1cccnc1Cl.CN1CCC[C@H]1c1cccnc1OCCN.I.NCCO.NCCO. The fourth-order valence-corrected chi connectivity index (χ4v) is 10.5. The van der Waals surface area contributed by atoms with Crippen LogP contribution in [0.3, 0.4) is 0 Å². The summed E-state index contributed by atoms with van der Waals surface area (Å²) >= 11 is 11.8. The monoisotopic (exact) mass is 1310 g/mol. The third kappa shape index (κ3) is 28.5. The maximum atomic E-state index is 7.75. The van der Waals surface area contributed by atoms with E-state index in [0.717, 1.165) is 19.0 Å². The van der Waals surface area contributed by atoms with Gasteiger partial charge in [-0.15, -0.1) is 24.0 Å². The average Bonchev–Trinajstić information content (AvgIpc) is 4.49. The van der Waals surface area contributed by atoms with Gasteiger partial charge in [0.05, 0.1) is 13.2 Å². The predicted octanol–water partition coefficient (Wildman–Crippen LogP) is 10.3. The van der Waals surface area contributed by atoms with Gasteiger partial charge in [0.15, 0.2) is 0 Å². The molecule has 10 rings (SSSR count). The van der Waals surface area contributed by atoms with Crippen molar-refractivity contribution >= 4 is 47.2 Å². The van der Waals surface area contributed by atoms with Gasteiger partial charge in [-0.1, -0.05) is 83.2 Å². The van der Waals surface area contributed by atoms with Crippen LogP contribution in [-0.2, 0) is 0 Å². The van der Waals surface area contributed by atoms with Crippen LogP contribution in [0.1, 0.15) is 152 Å². The second-order valence-corrected chi connectivity index (χ2v) is 20.6. The molecule has 83 heavy (non-hydrogen) atoms. The number of hydrogen-bond donors (Lipinski definition) is 6. The van der Waals surface area contributed by atoms with Crippen molar-refractivity contribution in [3.05, 3.63) is 136 Å². The van der Waals surface area contributed by atoms with Crippen LogP contribution in [-0.4, -0.2) is 180 Å². The molecule has 0 unspecified atom stereocenters. The van der Waals surface area contributed by atoms with Crippen LogP contribution in [0.4, 0.5) is 0 Å². The number of likely N-dealkylation sites (tertiary alicyclic amines) is 5. The van der Waals surface area contributed by atoms with E-state index in [2.05, 4.69) is 115 Å². The highest BCUT2D eigenvalue weighted by Gasteiger charge is 2.27. The Bertz CT molecular complexity index is 2320. The lowest BCUT2D eigenvalue weighted by atomic mass is 10.1. The zero-order valence-corrected chi connectivity index (χ0v) is 51.4. The Morgan fingerprint density at radius 3 is 1.24 bits per heavy atom. The smallest absolute Gasteiger partial charge is 0.218 e. The lowest BCUT2D eigenvalue weighted by molar-refractivity contribution is 0.280. The van der Waals surface area contributed by atoms with Crippen LogP contribution >= 0.6 is 47.2 Å². The molecule has 0 aliphatic carbocycles. The van der Waals surface area contributed by atoms with Crippen molar-refractivity contribution in [2.45, 2.75) is 124 Å². The van der Waals surface area contributed by atoms with Crippen LogP contribution in [0, 0.1) is 0 Å². The summed E-state index contributed by atoms with van der Waals surface area (Å²) in [5.74, 6) is 1.40.